The second kappa shape index (κ2) is 8.72. The van der Waals surface area contributed by atoms with Gasteiger partial charge >= 0.3 is 6.92 Å². The molecule has 0 atom stereocenters. The van der Waals surface area contributed by atoms with Crippen molar-refractivity contribution in [2.24, 2.45) is 0 Å². The zero-order valence-corrected chi connectivity index (χ0v) is 16.4. The number of halogens is 2. The summed E-state index contributed by atoms with van der Waals surface area (Å²) in [5.74, 6) is 0. The summed E-state index contributed by atoms with van der Waals surface area (Å²) in [6, 6.07) is 18.0. The second-order valence-corrected chi connectivity index (χ2v) is 7.15. The normalized spacial score (nSPS) is 10.8. The molecule has 2 nitrogen and oxygen atoms in total. The van der Waals surface area contributed by atoms with Crippen LogP contribution in [0, 0.1) is 13.8 Å². The van der Waals surface area contributed by atoms with Crippen LogP contribution in [-0.4, -0.2) is 18.5 Å². The molecular weight excluding hydrogens is 364 g/mol. The predicted molar refractivity (Wildman–Crippen MR) is 111 cm³/mol. The summed E-state index contributed by atoms with van der Waals surface area (Å²) < 4.78 is 6.25. The predicted octanol–water partition coefficient (Wildman–Crippen LogP) is 4.37. The first kappa shape index (κ1) is 19.0. The van der Waals surface area contributed by atoms with Crippen molar-refractivity contribution in [1.29, 1.82) is 0 Å². The van der Waals surface area contributed by atoms with E-state index in [4.69, 9.17) is 27.9 Å². The number of pyridine rings is 1. The molecule has 0 unspecified atom stereocenters. The van der Waals surface area contributed by atoms with Crippen molar-refractivity contribution in [3.63, 3.8) is 0 Å². The molecule has 5 heteroatoms. The molecule has 0 saturated carbocycles. The van der Waals surface area contributed by atoms with E-state index in [-0.39, 0.29) is 6.92 Å². The third-order valence-electron chi connectivity index (χ3n) is 4.37. The van der Waals surface area contributed by atoms with Crippen molar-refractivity contribution in [1.82, 2.24) is 4.98 Å². The number of aryl methyl sites for hydroxylation is 2. The first-order valence-electron chi connectivity index (χ1n) is 8.58. The van der Waals surface area contributed by atoms with Crippen molar-refractivity contribution in [3.05, 3.63) is 87.7 Å². The molecule has 0 spiro atoms. The average Bonchev–Trinajstić information content (AvgIpc) is 2.65. The van der Waals surface area contributed by atoms with Gasteiger partial charge in [-0.1, -0.05) is 53.5 Å². The Bertz CT molecular complexity index is 835. The Kier molecular flexibility index (Phi) is 6.36. The van der Waals surface area contributed by atoms with Gasteiger partial charge in [0.1, 0.15) is 0 Å². The number of aromatic nitrogens is 1. The highest BCUT2D eigenvalue weighted by atomic mass is 35.5. The lowest BCUT2D eigenvalue weighted by Crippen LogP contribution is -2.45. The maximum absolute atomic E-state index is 6.34. The summed E-state index contributed by atoms with van der Waals surface area (Å²) >= 11 is 12.7. The molecule has 2 aromatic carbocycles. The summed E-state index contributed by atoms with van der Waals surface area (Å²) in [6.07, 6.45) is 2.54. The van der Waals surface area contributed by atoms with E-state index in [0.29, 0.717) is 6.61 Å². The molecule has 3 rings (SSSR count). The molecule has 0 radical (unpaired) electrons. The van der Waals surface area contributed by atoms with E-state index >= 15 is 0 Å². The van der Waals surface area contributed by atoms with Gasteiger partial charge in [0.25, 0.3) is 0 Å². The fourth-order valence-corrected chi connectivity index (χ4v) is 3.13. The van der Waals surface area contributed by atoms with Crippen molar-refractivity contribution >= 4 is 41.0 Å². The van der Waals surface area contributed by atoms with Gasteiger partial charge in [0.2, 0.25) is 0 Å². The minimum atomic E-state index is -0.227. The molecule has 0 aliphatic rings. The largest absolute Gasteiger partial charge is 0.426 e. The minimum absolute atomic E-state index is 0.227. The fourth-order valence-electron chi connectivity index (χ4n) is 2.76. The molecule has 0 N–H and O–H groups in total. The maximum Gasteiger partial charge on any atom is 0.361 e. The van der Waals surface area contributed by atoms with Gasteiger partial charge < -0.3 is 4.65 Å². The van der Waals surface area contributed by atoms with Crippen molar-refractivity contribution in [2.45, 2.75) is 20.3 Å². The van der Waals surface area contributed by atoms with Crippen molar-refractivity contribution < 1.29 is 4.65 Å². The minimum Gasteiger partial charge on any atom is -0.426 e. The molecule has 3 aromatic rings. The van der Waals surface area contributed by atoms with Gasteiger partial charge in [-0.3, -0.25) is 4.98 Å². The third-order valence-corrected chi connectivity index (χ3v) is 5.18. The van der Waals surface area contributed by atoms with Crippen LogP contribution in [-0.2, 0) is 11.1 Å². The maximum atomic E-state index is 6.34. The van der Waals surface area contributed by atoms with E-state index in [1.807, 2.05) is 56.3 Å². The van der Waals surface area contributed by atoms with Gasteiger partial charge in [-0.2, -0.15) is 0 Å². The summed E-state index contributed by atoms with van der Waals surface area (Å²) in [6.45, 7) is 4.31. The second-order valence-electron chi connectivity index (χ2n) is 6.34. The van der Waals surface area contributed by atoms with Crippen LogP contribution in [0.1, 0.15) is 16.8 Å². The Morgan fingerprint density at radius 1 is 0.885 bits per heavy atom. The van der Waals surface area contributed by atoms with Gasteiger partial charge in [-0.25, -0.2) is 0 Å². The van der Waals surface area contributed by atoms with E-state index in [1.54, 1.807) is 6.20 Å². The molecular formula is C21H20BCl2NO. The lowest BCUT2D eigenvalue weighted by Gasteiger charge is -2.17. The Labute approximate surface area is 165 Å². The fraction of sp³-hybridized carbons (Fsp3) is 0.190. The number of nitrogens with zero attached hydrogens (tertiary/aromatic N) is 1. The van der Waals surface area contributed by atoms with E-state index in [0.717, 1.165) is 44.2 Å². The molecule has 0 bridgehead atoms. The number of rotatable bonds is 6. The molecule has 26 heavy (non-hydrogen) atoms. The van der Waals surface area contributed by atoms with Gasteiger partial charge in [0.05, 0.1) is 0 Å². The summed E-state index contributed by atoms with van der Waals surface area (Å²) in [4.78, 5) is 4.35. The van der Waals surface area contributed by atoms with Crippen LogP contribution in [0.5, 0.6) is 0 Å². The first-order chi connectivity index (χ1) is 12.5. The van der Waals surface area contributed by atoms with Gasteiger partial charge in [0, 0.05) is 35.0 Å². The molecule has 0 aliphatic carbocycles. The highest BCUT2D eigenvalue weighted by molar-refractivity contribution is 6.80. The molecule has 0 fully saturated rings. The van der Waals surface area contributed by atoms with Crippen molar-refractivity contribution in [2.75, 3.05) is 6.61 Å². The molecule has 1 heterocycles. The van der Waals surface area contributed by atoms with Crippen LogP contribution in [0.3, 0.4) is 0 Å². The topological polar surface area (TPSA) is 22.1 Å². The average molecular weight is 384 g/mol. The lowest BCUT2D eigenvalue weighted by atomic mass is 9.55. The van der Waals surface area contributed by atoms with E-state index in [1.165, 1.54) is 0 Å². The Morgan fingerprint density at radius 2 is 1.50 bits per heavy atom. The Balaban J connectivity index is 1.85. The molecule has 0 aliphatic heterocycles. The van der Waals surface area contributed by atoms with E-state index < -0.39 is 0 Å². The number of hydrogen-bond acceptors (Lipinski definition) is 2. The van der Waals surface area contributed by atoms with Gasteiger partial charge in [-0.05, 0) is 60.2 Å². The quantitative estimate of drug-likeness (QED) is 0.589. The molecule has 132 valence electrons. The Morgan fingerprint density at radius 3 is 2.00 bits per heavy atom. The highest BCUT2D eigenvalue weighted by Gasteiger charge is 2.23. The molecule has 0 amide bonds. The van der Waals surface area contributed by atoms with Crippen LogP contribution in [0.15, 0.2) is 60.8 Å². The number of hydrogen-bond donors (Lipinski definition) is 0. The van der Waals surface area contributed by atoms with Gasteiger partial charge in [-0.15, -0.1) is 0 Å². The van der Waals surface area contributed by atoms with E-state index in [2.05, 4.69) is 17.1 Å². The summed E-state index contributed by atoms with van der Waals surface area (Å²) in [7, 11) is 0. The highest BCUT2D eigenvalue weighted by Crippen LogP contribution is 2.15. The van der Waals surface area contributed by atoms with Crippen LogP contribution in [0.2, 0.25) is 10.0 Å². The lowest BCUT2D eigenvalue weighted by molar-refractivity contribution is 0.336. The monoisotopic (exact) mass is 383 g/mol. The standard InChI is InChI=1S/C21H20BCl2NO/c1-15-6-8-17(13-20(15)23)22(18-9-7-16(2)21(24)14-18)26-12-10-19-5-3-4-11-25-19/h3-9,11,13-14H,10,12H2,1-2H3. The van der Waals surface area contributed by atoms with Crippen molar-refractivity contribution in [3.8, 4) is 0 Å². The summed E-state index contributed by atoms with van der Waals surface area (Å²) in [5.41, 5.74) is 5.13. The first-order valence-corrected chi connectivity index (χ1v) is 9.34. The van der Waals surface area contributed by atoms with Crippen LogP contribution >= 0.6 is 23.2 Å². The van der Waals surface area contributed by atoms with Crippen LogP contribution in [0.25, 0.3) is 0 Å². The third kappa shape index (κ3) is 4.67. The van der Waals surface area contributed by atoms with Gasteiger partial charge in [0.15, 0.2) is 0 Å². The molecule has 1 aromatic heterocycles. The number of benzene rings is 2. The zero-order valence-electron chi connectivity index (χ0n) is 14.9. The molecule has 0 saturated heterocycles. The Hall–Kier alpha value is -1.81. The zero-order chi connectivity index (χ0) is 18.5. The SMILES string of the molecule is Cc1ccc(B(OCCc2ccccn2)c2ccc(C)c(Cl)c2)cc1Cl. The summed E-state index contributed by atoms with van der Waals surface area (Å²) in [5, 5.41) is 1.47. The smallest absolute Gasteiger partial charge is 0.361 e. The van der Waals surface area contributed by atoms with E-state index in [9.17, 15) is 0 Å². The van der Waals surface area contributed by atoms with Crippen LogP contribution in [0.4, 0.5) is 0 Å². The van der Waals surface area contributed by atoms with Crippen LogP contribution < -0.4 is 10.9 Å².